The highest BCUT2D eigenvalue weighted by Crippen LogP contribution is 2.33. The van der Waals surface area contributed by atoms with Gasteiger partial charge in [0, 0.05) is 22.6 Å². The van der Waals surface area contributed by atoms with E-state index in [1.54, 1.807) is 0 Å². The van der Waals surface area contributed by atoms with E-state index in [1.807, 2.05) is 13.8 Å². The quantitative estimate of drug-likeness (QED) is 0.408. The Balaban J connectivity index is 2.17. The summed E-state index contributed by atoms with van der Waals surface area (Å²) in [7, 11) is 0. The third-order valence-electron chi connectivity index (χ3n) is 3.58. The molecule has 0 aliphatic heterocycles. The Morgan fingerprint density at radius 3 is 2.65 bits per heavy atom. The van der Waals surface area contributed by atoms with Crippen molar-refractivity contribution in [1.82, 2.24) is 5.32 Å². The SMILES string of the molecule is CCc1c(C)sc(NC(=S)NC(=O)c2cccc([N+](=O)[O-])c2)c1C(N)=O. The summed E-state index contributed by atoms with van der Waals surface area (Å²) in [5, 5.41) is 16.5. The monoisotopic (exact) mass is 392 g/mol. The van der Waals surface area contributed by atoms with Gasteiger partial charge in [0.05, 0.1) is 10.5 Å². The normalized spacial score (nSPS) is 10.2. The van der Waals surface area contributed by atoms with Crippen LogP contribution >= 0.6 is 23.6 Å². The van der Waals surface area contributed by atoms with Crippen LogP contribution in [0.1, 0.15) is 38.1 Å². The van der Waals surface area contributed by atoms with E-state index >= 15 is 0 Å². The lowest BCUT2D eigenvalue weighted by Crippen LogP contribution is -2.34. The zero-order chi connectivity index (χ0) is 19.4. The van der Waals surface area contributed by atoms with Crippen LogP contribution in [0.4, 0.5) is 10.7 Å². The predicted molar refractivity (Wildman–Crippen MR) is 104 cm³/mol. The summed E-state index contributed by atoms with van der Waals surface area (Å²) in [6.07, 6.45) is 0.634. The van der Waals surface area contributed by atoms with Crippen LogP contribution in [0.2, 0.25) is 0 Å². The summed E-state index contributed by atoms with van der Waals surface area (Å²) in [5.41, 5.74) is 6.52. The van der Waals surface area contributed by atoms with Gasteiger partial charge in [-0.1, -0.05) is 13.0 Å². The lowest BCUT2D eigenvalue weighted by atomic mass is 10.1. The standard InChI is InChI=1S/C16H16N4O4S2/c1-3-11-8(2)26-15(12(11)13(17)21)19-16(25)18-14(22)9-5-4-6-10(7-9)20(23)24/h4-7H,3H2,1-2H3,(H2,17,21)(H2,18,19,22,25). The van der Waals surface area contributed by atoms with Crippen molar-refractivity contribution in [2.24, 2.45) is 5.73 Å². The number of nitro groups is 1. The van der Waals surface area contributed by atoms with E-state index in [9.17, 15) is 19.7 Å². The molecular weight excluding hydrogens is 376 g/mol. The largest absolute Gasteiger partial charge is 0.365 e. The number of amides is 2. The Morgan fingerprint density at radius 2 is 2.08 bits per heavy atom. The fraction of sp³-hybridized carbons (Fsp3) is 0.188. The van der Waals surface area contributed by atoms with Gasteiger partial charge in [-0.15, -0.1) is 11.3 Å². The lowest BCUT2D eigenvalue weighted by molar-refractivity contribution is -0.384. The van der Waals surface area contributed by atoms with E-state index in [-0.39, 0.29) is 16.4 Å². The Labute approximate surface area is 158 Å². The van der Waals surface area contributed by atoms with E-state index in [2.05, 4.69) is 10.6 Å². The molecule has 0 atom stereocenters. The van der Waals surface area contributed by atoms with Crippen LogP contribution in [0.3, 0.4) is 0 Å². The number of nitrogens with two attached hydrogens (primary N) is 1. The van der Waals surface area contributed by atoms with Crippen LogP contribution in [-0.4, -0.2) is 21.9 Å². The average molecular weight is 392 g/mol. The minimum absolute atomic E-state index is 0.0343. The van der Waals surface area contributed by atoms with Crippen LogP contribution in [0.15, 0.2) is 24.3 Å². The number of hydrogen-bond acceptors (Lipinski definition) is 6. The minimum Gasteiger partial charge on any atom is -0.365 e. The second-order valence-electron chi connectivity index (χ2n) is 5.27. The van der Waals surface area contributed by atoms with Crippen molar-refractivity contribution in [2.75, 3.05) is 5.32 Å². The van der Waals surface area contributed by atoms with Gasteiger partial charge in [-0.25, -0.2) is 0 Å². The van der Waals surface area contributed by atoms with Crippen LogP contribution < -0.4 is 16.4 Å². The number of nitrogens with one attached hydrogen (secondary N) is 2. The highest BCUT2D eigenvalue weighted by Gasteiger charge is 2.20. The molecule has 1 aromatic heterocycles. The lowest BCUT2D eigenvalue weighted by Gasteiger charge is -2.09. The Hall–Kier alpha value is -2.85. The fourth-order valence-electron chi connectivity index (χ4n) is 2.42. The summed E-state index contributed by atoms with van der Waals surface area (Å²) in [6, 6.07) is 5.28. The van der Waals surface area contributed by atoms with Crippen LogP contribution in [-0.2, 0) is 6.42 Å². The molecule has 4 N–H and O–H groups in total. The summed E-state index contributed by atoms with van der Waals surface area (Å²) >= 11 is 6.42. The number of benzene rings is 1. The highest BCUT2D eigenvalue weighted by atomic mass is 32.1. The van der Waals surface area contributed by atoms with Crippen LogP contribution in [0, 0.1) is 17.0 Å². The number of thiophene rings is 1. The van der Waals surface area contributed by atoms with E-state index in [0.717, 1.165) is 16.5 Å². The molecule has 0 aliphatic rings. The number of hydrogen-bond donors (Lipinski definition) is 3. The number of aryl methyl sites for hydroxylation is 1. The zero-order valence-corrected chi connectivity index (χ0v) is 15.6. The Bertz CT molecular complexity index is 908. The number of carbonyl (C=O) groups is 2. The Kier molecular flexibility index (Phi) is 6.01. The third kappa shape index (κ3) is 4.21. The molecule has 0 bridgehead atoms. The number of thiocarbonyl (C=S) groups is 1. The molecule has 2 amide bonds. The van der Waals surface area contributed by atoms with Crippen molar-refractivity contribution >= 4 is 51.2 Å². The summed E-state index contributed by atoms with van der Waals surface area (Å²) in [6.45, 7) is 3.78. The number of nitro benzene ring substituents is 1. The first-order valence-electron chi connectivity index (χ1n) is 7.53. The number of rotatable bonds is 5. The topological polar surface area (TPSA) is 127 Å². The molecule has 1 heterocycles. The molecule has 0 radical (unpaired) electrons. The van der Waals surface area contributed by atoms with E-state index < -0.39 is 16.7 Å². The average Bonchev–Trinajstić information content (AvgIpc) is 2.89. The van der Waals surface area contributed by atoms with Gasteiger partial charge in [0.2, 0.25) is 0 Å². The molecule has 10 heteroatoms. The Morgan fingerprint density at radius 1 is 1.38 bits per heavy atom. The molecule has 2 rings (SSSR count). The number of anilines is 1. The van der Waals surface area contributed by atoms with Gasteiger partial charge in [0.1, 0.15) is 5.00 Å². The van der Waals surface area contributed by atoms with Crippen LogP contribution in [0.25, 0.3) is 0 Å². The van der Waals surface area contributed by atoms with Crippen molar-refractivity contribution in [3.8, 4) is 0 Å². The molecule has 8 nitrogen and oxygen atoms in total. The molecule has 1 aromatic carbocycles. The number of non-ortho nitro benzene ring substituents is 1. The maximum absolute atomic E-state index is 12.2. The van der Waals surface area contributed by atoms with Crippen molar-refractivity contribution in [3.63, 3.8) is 0 Å². The fourth-order valence-corrected chi connectivity index (χ4v) is 3.84. The van der Waals surface area contributed by atoms with Crippen molar-refractivity contribution < 1.29 is 14.5 Å². The zero-order valence-electron chi connectivity index (χ0n) is 14.0. The van der Waals surface area contributed by atoms with Gasteiger partial charge in [-0.3, -0.25) is 25.0 Å². The summed E-state index contributed by atoms with van der Waals surface area (Å²) in [4.78, 5) is 35.1. The first-order valence-corrected chi connectivity index (χ1v) is 8.75. The van der Waals surface area contributed by atoms with Gasteiger partial charge < -0.3 is 11.1 Å². The number of carbonyl (C=O) groups excluding carboxylic acids is 2. The number of primary amides is 1. The molecule has 0 saturated carbocycles. The van der Waals surface area contributed by atoms with Gasteiger partial charge in [-0.2, -0.15) is 0 Å². The molecule has 0 saturated heterocycles. The third-order valence-corrected chi connectivity index (χ3v) is 4.85. The molecule has 2 aromatic rings. The van der Waals surface area contributed by atoms with Gasteiger partial charge in [-0.05, 0) is 37.2 Å². The van der Waals surface area contributed by atoms with Gasteiger partial charge in [0.25, 0.3) is 17.5 Å². The minimum atomic E-state index is -0.601. The van der Waals surface area contributed by atoms with Crippen molar-refractivity contribution in [2.45, 2.75) is 20.3 Å². The smallest absolute Gasteiger partial charge is 0.270 e. The van der Waals surface area contributed by atoms with Crippen LogP contribution in [0.5, 0.6) is 0 Å². The molecular formula is C16H16N4O4S2. The molecule has 0 fully saturated rings. The molecule has 0 spiro atoms. The van der Waals surface area contributed by atoms with E-state index in [0.29, 0.717) is 17.0 Å². The summed E-state index contributed by atoms with van der Waals surface area (Å²) in [5.74, 6) is -1.18. The highest BCUT2D eigenvalue weighted by molar-refractivity contribution is 7.80. The first-order chi connectivity index (χ1) is 12.2. The molecule has 0 aliphatic carbocycles. The maximum atomic E-state index is 12.2. The van der Waals surface area contributed by atoms with Gasteiger partial charge >= 0.3 is 0 Å². The predicted octanol–water partition coefficient (Wildman–Crippen LogP) is 2.75. The molecule has 136 valence electrons. The number of nitrogens with zero attached hydrogens (tertiary/aromatic N) is 1. The maximum Gasteiger partial charge on any atom is 0.270 e. The van der Waals surface area contributed by atoms with Gasteiger partial charge in [0.15, 0.2) is 5.11 Å². The van der Waals surface area contributed by atoms with E-state index in [1.165, 1.54) is 29.5 Å². The second-order valence-corrected chi connectivity index (χ2v) is 6.91. The molecule has 0 unspecified atom stereocenters. The van der Waals surface area contributed by atoms with Crippen molar-refractivity contribution in [1.29, 1.82) is 0 Å². The van der Waals surface area contributed by atoms with E-state index in [4.69, 9.17) is 18.0 Å². The molecule has 26 heavy (non-hydrogen) atoms. The second kappa shape index (κ2) is 8.02. The first kappa shape index (κ1) is 19.5. The van der Waals surface area contributed by atoms with Crippen molar-refractivity contribution in [3.05, 3.63) is 55.9 Å². The summed E-state index contributed by atoms with van der Waals surface area (Å²) < 4.78 is 0.